The van der Waals surface area contributed by atoms with Crippen LogP contribution in [0.2, 0.25) is 0 Å². The smallest absolute Gasteiger partial charge is 0.125 e. The average molecular weight is 271 g/mol. The van der Waals surface area contributed by atoms with E-state index in [4.69, 9.17) is 4.74 Å². The maximum absolute atomic E-state index is 5.63. The fraction of sp³-hybridized carbons (Fsp3) is 0.375. The number of hydrogen-bond donors (Lipinski definition) is 1. The highest BCUT2D eigenvalue weighted by Crippen LogP contribution is 2.13. The molecule has 20 heavy (non-hydrogen) atoms. The predicted molar refractivity (Wildman–Crippen MR) is 79.5 cm³/mol. The van der Waals surface area contributed by atoms with E-state index >= 15 is 0 Å². The van der Waals surface area contributed by atoms with Crippen molar-refractivity contribution in [1.29, 1.82) is 0 Å². The van der Waals surface area contributed by atoms with Gasteiger partial charge in [-0.05, 0) is 37.1 Å². The number of hydrogen-bond acceptors (Lipinski definition) is 4. The van der Waals surface area contributed by atoms with Crippen LogP contribution in [0.1, 0.15) is 30.4 Å². The Morgan fingerprint density at radius 3 is 2.90 bits per heavy atom. The highest BCUT2D eigenvalue weighted by atomic mass is 16.5. The maximum Gasteiger partial charge on any atom is 0.125 e. The number of aromatic nitrogens is 2. The van der Waals surface area contributed by atoms with Gasteiger partial charge < -0.3 is 10.1 Å². The Balaban J connectivity index is 1.84. The lowest BCUT2D eigenvalue weighted by molar-refractivity contribution is 0.317. The minimum absolute atomic E-state index is 0.739. The zero-order chi connectivity index (χ0) is 14.2. The standard InChI is InChI=1S/C16H21N3O/c1-3-9-20-16-6-4-5-14(10-16)11-17-12-15-7-8-18-13(2)19-15/h4-8,10,17H,3,9,11-12H2,1-2H3. The molecule has 0 unspecified atom stereocenters. The molecule has 4 heteroatoms. The molecule has 0 atom stereocenters. The van der Waals surface area contributed by atoms with E-state index in [0.717, 1.165) is 43.4 Å². The predicted octanol–water partition coefficient (Wildman–Crippen LogP) is 2.86. The number of nitrogens with zero attached hydrogens (tertiary/aromatic N) is 2. The van der Waals surface area contributed by atoms with E-state index in [1.807, 2.05) is 25.1 Å². The van der Waals surface area contributed by atoms with Gasteiger partial charge in [-0.25, -0.2) is 9.97 Å². The number of ether oxygens (including phenoxy) is 1. The molecule has 1 heterocycles. The Bertz CT molecular complexity index is 543. The van der Waals surface area contributed by atoms with E-state index in [-0.39, 0.29) is 0 Å². The molecule has 0 fully saturated rings. The third-order valence-electron chi connectivity index (χ3n) is 2.84. The van der Waals surface area contributed by atoms with Crippen molar-refractivity contribution >= 4 is 0 Å². The van der Waals surface area contributed by atoms with Crippen molar-refractivity contribution in [3.05, 3.63) is 53.6 Å². The van der Waals surface area contributed by atoms with E-state index in [1.54, 1.807) is 6.20 Å². The summed E-state index contributed by atoms with van der Waals surface area (Å²) in [5.41, 5.74) is 2.22. The lowest BCUT2D eigenvalue weighted by Crippen LogP contribution is -2.14. The highest BCUT2D eigenvalue weighted by molar-refractivity contribution is 5.28. The molecule has 1 N–H and O–H groups in total. The van der Waals surface area contributed by atoms with Gasteiger partial charge in [-0.15, -0.1) is 0 Å². The molecule has 2 rings (SSSR count). The molecule has 0 saturated heterocycles. The number of benzene rings is 1. The van der Waals surface area contributed by atoms with Crippen molar-refractivity contribution in [1.82, 2.24) is 15.3 Å². The lowest BCUT2D eigenvalue weighted by atomic mass is 10.2. The van der Waals surface area contributed by atoms with Gasteiger partial charge in [0.2, 0.25) is 0 Å². The van der Waals surface area contributed by atoms with Crippen LogP contribution in [-0.4, -0.2) is 16.6 Å². The van der Waals surface area contributed by atoms with Crippen LogP contribution in [0.3, 0.4) is 0 Å². The van der Waals surface area contributed by atoms with Crippen molar-refractivity contribution in [2.75, 3.05) is 6.61 Å². The molecule has 0 aliphatic carbocycles. The van der Waals surface area contributed by atoms with Gasteiger partial charge in [0.1, 0.15) is 11.6 Å². The van der Waals surface area contributed by atoms with Gasteiger partial charge in [-0.1, -0.05) is 19.1 Å². The molecule has 0 radical (unpaired) electrons. The quantitative estimate of drug-likeness (QED) is 0.841. The monoisotopic (exact) mass is 271 g/mol. The van der Waals surface area contributed by atoms with Gasteiger partial charge in [0.05, 0.1) is 12.3 Å². The highest BCUT2D eigenvalue weighted by Gasteiger charge is 1.99. The first-order valence-corrected chi connectivity index (χ1v) is 6.99. The fourth-order valence-corrected chi connectivity index (χ4v) is 1.90. The molecule has 0 aliphatic heterocycles. The fourth-order valence-electron chi connectivity index (χ4n) is 1.90. The first-order chi connectivity index (χ1) is 9.78. The molecule has 0 saturated carbocycles. The molecule has 4 nitrogen and oxygen atoms in total. The summed E-state index contributed by atoms with van der Waals surface area (Å²) in [4.78, 5) is 8.45. The molecular weight excluding hydrogens is 250 g/mol. The summed E-state index contributed by atoms with van der Waals surface area (Å²) in [6.07, 6.45) is 2.81. The maximum atomic E-state index is 5.63. The van der Waals surface area contributed by atoms with Gasteiger partial charge in [-0.2, -0.15) is 0 Å². The van der Waals surface area contributed by atoms with Crippen LogP contribution in [0.4, 0.5) is 0 Å². The molecule has 1 aromatic heterocycles. The third-order valence-corrected chi connectivity index (χ3v) is 2.84. The Morgan fingerprint density at radius 1 is 1.20 bits per heavy atom. The van der Waals surface area contributed by atoms with Crippen LogP contribution in [-0.2, 0) is 13.1 Å². The Labute approximate surface area is 120 Å². The second kappa shape index (κ2) is 7.60. The summed E-state index contributed by atoms with van der Waals surface area (Å²) in [6.45, 7) is 6.31. The first-order valence-electron chi connectivity index (χ1n) is 6.99. The van der Waals surface area contributed by atoms with Gasteiger partial charge in [0.25, 0.3) is 0 Å². The summed E-state index contributed by atoms with van der Waals surface area (Å²) >= 11 is 0. The SMILES string of the molecule is CCCOc1cccc(CNCc2ccnc(C)n2)c1. The van der Waals surface area contributed by atoms with E-state index in [0.29, 0.717) is 0 Å². The van der Waals surface area contributed by atoms with Crippen molar-refractivity contribution in [3.63, 3.8) is 0 Å². The van der Waals surface area contributed by atoms with Gasteiger partial charge in [0.15, 0.2) is 0 Å². The second-order valence-electron chi connectivity index (χ2n) is 4.69. The van der Waals surface area contributed by atoms with Gasteiger partial charge in [-0.3, -0.25) is 0 Å². The molecule has 0 aliphatic rings. The van der Waals surface area contributed by atoms with Crippen molar-refractivity contribution in [2.45, 2.75) is 33.4 Å². The molecule has 1 aromatic carbocycles. The largest absolute Gasteiger partial charge is 0.494 e. The van der Waals surface area contributed by atoms with Crippen LogP contribution in [0.5, 0.6) is 5.75 Å². The number of aryl methyl sites for hydroxylation is 1. The average Bonchev–Trinajstić information content (AvgIpc) is 2.46. The molecule has 0 spiro atoms. The molecule has 2 aromatic rings. The Kier molecular flexibility index (Phi) is 5.50. The Hall–Kier alpha value is -1.94. The van der Waals surface area contributed by atoms with Crippen LogP contribution in [0.15, 0.2) is 36.5 Å². The van der Waals surface area contributed by atoms with Crippen molar-refractivity contribution in [3.8, 4) is 5.75 Å². The number of nitrogens with one attached hydrogen (secondary N) is 1. The zero-order valence-electron chi connectivity index (χ0n) is 12.1. The molecule has 106 valence electrons. The first kappa shape index (κ1) is 14.5. The van der Waals surface area contributed by atoms with E-state index in [1.165, 1.54) is 5.56 Å². The molecule has 0 bridgehead atoms. The third kappa shape index (κ3) is 4.63. The van der Waals surface area contributed by atoms with Gasteiger partial charge in [0, 0.05) is 19.3 Å². The van der Waals surface area contributed by atoms with Crippen LogP contribution < -0.4 is 10.1 Å². The zero-order valence-corrected chi connectivity index (χ0v) is 12.1. The van der Waals surface area contributed by atoms with Crippen molar-refractivity contribution in [2.24, 2.45) is 0 Å². The van der Waals surface area contributed by atoms with E-state index in [9.17, 15) is 0 Å². The summed E-state index contributed by atoms with van der Waals surface area (Å²) in [5, 5.41) is 3.38. The normalized spacial score (nSPS) is 10.5. The van der Waals surface area contributed by atoms with Crippen LogP contribution >= 0.6 is 0 Å². The lowest BCUT2D eigenvalue weighted by Gasteiger charge is -2.08. The summed E-state index contributed by atoms with van der Waals surface area (Å²) in [5.74, 6) is 1.74. The van der Waals surface area contributed by atoms with Crippen LogP contribution in [0.25, 0.3) is 0 Å². The Morgan fingerprint density at radius 2 is 2.10 bits per heavy atom. The summed E-state index contributed by atoms with van der Waals surface area (Å²) in [6, 6.07) is 10.1. The minimum Gasteiger partial charge on any atom is -0.494 e. The molecular formula is C16H21N3O. The topological polar surface area (TPSA) is 47.0 Å². The van der Waals surface area contributed by atoms with E-state index in [2.05, 4.69) is 34.3 Å². The van der Waals surface area contributed by atoms with E-state index < -0.39 is 0 Å². The van der Waals surface area contributed by atoms with Gasteiger partial charge >= 0.3 is 0 Å². The van der Waals surface area contributed by atoms with Crippen LogP contribution in [0, 0.1) is 6.92 Å². The second-order valence-corrected chi connectivity index (χ2v) is 4.69. The van der Waals surface area contributed by atoms with Crippen molar-refractivity contribution < 1.29 is 4.74 Å². The summed E-state index contributed by atoms with van der Waals surface area (Å²) in [7, 11) is 0. The molecule has 0 amide bonds. The minimum atomic E-state index is 0.739. The number of rotatable bonds is 7. The summed E-state index contributed by atoms with van der Waals surface area (Å²) < 4.78 is 5.63.